The highest BCUT2D eigenvalue weighted by atomic mass is 16.5. The molecule has 0 aliphatic carbocycles. The number of para-hydroxylation sites is 1. The second-order valence-electron chi connectivity index (χ2n) is 4.67. The topological polar surface area (TPSA) is 77.2 Å². The van der Waals surface area contributed by atoms with Gasteiger partial charge in [-0.1, -0.05) is 18.2 Å². The number of fused-ring (bicyclic) bond motifs is 1. The zero-order chi connectivity index (χ0) is 13.9. The number of carbonyl (C=O) groups excluding carboxylic acids is 1. The van der Waals surface area contributed by atoms with Gasteiger partial charge in [-0.25, -0.2) is 4.98 Å². The lowest BCUT2D eigenvalue weighted by Gasteiger charge is -2.26. The van der Waals surface area contributed by atoms with Crippen LogP contribution in [0.25, 0.3) is 0 Å². The summed E-state index contributed by atoms with van der Waals surface area (Å²) in [6, 6.07) is 10.9. The molecule has 0 radical (unpaired) electrons. The molecule has 3 N–H and O–H groups in total. The number of amides is 1. The number of nitrogens with zero attached hydrogens (tertiary/aromatic N) is 1. The number of pyridine rings is 1. The lowest BCUT2D eigenvalue weighted by molar-refractivity contribution is 0.0924. The molecule has 1 aliphatic rings. The normalized spacial score (nSPS) is 16.9. The molecule has 1 aliphatic heterocycles. The Balaban J connectivity index is 1.81. The molecule has 0 bridgehead atoms. The summed E-state index contributed by atoms with van der Waals surface area (Å²) in [5.74, 6) is 1.02. The molecule has 2 aromatic rings. The van der Waals surface area contributed by atoms with Crippen LogP contribution in [0, 0.1) is 0 Å². The van der Waals surface area contributed by atoms with Crippen molar-refractivity contribution in [3.63, 3.8) is 0 Å². The highest BCUT2D eigenvalue weighted by molar-refractivity contribution is 5.95. The van der Waals surface area contributed by atoms with Crippen LogP contribution in [0.5, 0.6) is 5.75 Å². The Hall–Kier alpha value is -2.56. The third-order valence-corrected chi connectivity index (χ3v) is 3.31. The van der Waals surface area contributed by atoms with Gasteiger partial charge in [-0.05, 0) is 18.2 Å². The molecule has 3 rings (SSSR count). The lowest BCUT2D eigenvalue weighted by Crippen LogP contribution is -2.32. The van der Waals surface area contributed by atoms with Crippen LogP contribution in [0.4, 0.5) is 5.82 Å². The predicted molar refractivity (Wildman–Crippen MR) is 75.4 cm³/mol. The van der Waals surface area contributed by atoms with Crippen LogP contribution in [-0.4, -0.2) is 17.5 Å². The first-order valence-electron chi connectivity index (χ1n) is 6.48. The zero-order valence-corrected chi connectivity index (χ0v) is 10.9. The third kappa shape index (κ3) is 2.42. The van der Waals surface area contributed by atoms with Crippen molar-refractivity contribution in [1.29, 1.82) is 0 Å². The summed E-state index contributed by atoms with van der Waals surface area (Å²) in [7, 11) is 0. The van der Waals surface area contributed by atoms with Crippen LogP contribution in [0.1, 0.15) is 28.4 Å². The Morgan fingerprint density at radius 1 is 1.35 bits per heavy atom. The maximum absolute atomic E-state index is 12.2. The van der Waals surface area contributed by atoms with E-state index in [-0.39, 0.29) is 11.9 Å². The van der Waals surface area contributed by atoms with E-state index < -0.39 is 0 Å². The molecule has 1 aromatic carbocycles. The number of benzene rings is 1. The fourth-order valence-electron chi connectivity index (χ4n) is 2.32. The minimum atomic E-state index is -0.152. The van der Waals surface area contributed by atoms with Crippen molar-refractivity contribution < 1.29 is 9.53 Å². The van der Waals surface area contributed by atoms with Crippen LogP contribution in [-0.2, 0) is 0 Å². The summed E-state index contributed by atoms with van der Waals surface area (Å²) >= 11 is 0. The van der Waals surface area contributed by atoms with Gasteiger partial charge in [0, 0.05) is 23.7 Å². The standard InChI is InChI=1S/C15H15N3O2/c16-14-9-10(5-7-17-14)15(19)18-12-6-8-20-13-4-2-1-3-11(12)13/h1-5,7,9,12H,6,8H2,(H2,16,17)(H,18,19). The van der Waals surface area contributed by atoms with E-state index in [1.165, 1.54) is 6.20 Å². The van der Waals surface area contributed by atoms with Gasteiger partial charge >= 0.3 is 0 Å². The number of aromatic nitrogens is 1. The summed E-state index contributed by atoms with van der Waals surface area (Å²) < 4.78 is 5.58. The quantitative estimate of drug-likeness (QED) is 0.873. The van der Waals surface area contributed by atoms with E-state index in [2.05, 4.69) is 10.3 Å². The number of nitrogen functional groups attached to an aromatic ring is 1. The first kappa shape index (κ1) is 12.5. The molecule has 102 valence electrons. The predicted octanol–water partition coefficient (Wildman–Crippen LogP) is 1.92. The summed E-state index contributed by atoms with van der Waals surface area (Å²) in [6.07, 6.45) is 2.28. The number of ether oxygens (including phenoxy) is 1. The molecule has 0 spiro atoms. The van der Waals surface area contributed by atoms with Crippen LogP contribution in [0.15, 0.2) is 42.6 Å². The van der Waals surface area contributed by atoms with Gasteiger partial charge in [-0.2, -0.15) is 0 Å². The fourth-order valence-corrected chi connectivity index (χ4v) is 2.32. The molecule has 1 atom stereocenters. The second kappa shape index (κ2) is 5.21. The Kier molecular flexibility index (Phi) is 3.25. The molecule has 0 saturated heterocycles. The third-order valence-electron chi connectivity index (χ3n) is 3.31. The van der Waals surface area contributed by atoms with E-state index >= 15 is 0 Å². The van der Waals surface area contributed by atoms with Crippen LogP contribution in [0.2, 0.25) is 0 Å². The monoisotopic (exact) mass is 269 g/mol. The summed E-state index contributed by atoms with van der Waals surface area (Å²) in [5.41, 5.74) is 7.12. The van der Waals surface area contributed by atoms with Gasteiger partial charge in [-0.3, -0.25) is 4.79 Å². The van der Waals surface area contributed by atoms with Crippen molar-refractivity contribution in [2.75, 3.05) is 12.3 Å². The summed E-state index contributed by atoms with van der Waals surface area (Å²) in [4.78, 5) is 16.1. The Morgan fingerprint density at radius 3 is 3.05 bits per heavy atom. The SMILES string of the molecule is Nc1cc(C(=O)NC2CCOc3ccccc32)ccn1. The number of rotatable bonds is 2. The molecule has 1 amide bonds. The van der Waals surface area contributed by atoms with E-state index in [1.807, 2.05) is 24.3 Å². The van der Waals surface area contributed by atoms with Crippen molar-refractivity contribution in [1.82, 2.24) is 10.3 Å². The van der Waals surface area contributed by atoms with Crippen LogP contribution < -0.4 is 15.8 Å². The maximum atomic E-state index is 12.2. The highest BCUT2D eigenvalue weighted by Crippen LogP contribution is 2.31. The number of anilines is 1. The second-order valence-corrected chi connectivity index (χ2v) is 4.67. The lowest BCUT2D eigenvalue weighted by atomic mass is 10.0. The van der Waals surface area contributed by atoms with Crippen molar-refractivity contribution in [2.24, 2.45) is 0 Å². The van der Waals surface area contributed by atoms with Crippen molar-refractivity contribution >= 4 is 11.7 Å². The molecule has 1 unspecified atom stereocenters. The smallest absolute Gasteiger partial charge is 0.251 e. The molecule has 2 heterocycles. The van der Waals surface area contributed by atoms with Crippen LogP contribution in [0.3, 0.4) is 0 Å². The van der Waals surface area contributed by atoms with E-state index in [9.17, 15) is 4.79 Å². The van der Waals surface area contributed by atoms with E-state index in [4.69, 9.17) is 10.5 Å². The van der Waals surface area contributed by atoms with Gasteiger partial charge in [-0.15, -0.1) is 0 Å². The Bertz CT molecular complexity index is 643. The number of hydrogen-bond donors (Lipinski definition) is 2. The van der Waals surface area contributed by atoms with Gasteiger partial charge in [0.05, 0.1) is 12.6 Å². The van der Waals surface area contributed by atoms with E-state index in [0.29, 0.717) is 18.0 Å². The van der Waals surface area contributed by atoms with E-state index in [1.54, 1.807) is 12.1 Å². The molecule has 0 saturated carbocycles. The van der Waals surface area contributed by atoms with Gasteiger partial charge < -0.3 is 15.8 Å². The fraction of sp³-hybridized carbons (Fsp3) is 0.200. The largest absolute Gasteiger partial charge is 0.493 e. The van der Waals surface area contributed by atoms with E-state index in [0.717, 1.165) is 17.7 Å². The molecular formula is C15H15N3O2. The van der Waals surface area contributed by atoms with Gasteiger partial charge in [0.1, 0.15) is 11.6 Å². The van der Waals surface area contributed by atoms with Crippen molar-refractivity contribution in [3.05, 3.63) is 53.7 Å². The van der Waals surface area contributed by atoms with Gasteiger partial charge in [0.2, 0.25) is 0 Å². The Labute approximate surface area is 116 Å². The zero-order valence-electron chi connectivity index (χ0n) is 10.9. The number of hydrogen-bond acceptors (Lipinski definition) is 4. The van der Waals surface area contributed by atoms with Gasteiger partial charge in [0.15, 0.2) is 0 Å². The Morgan fingerprint density at radius 2 is 2.20 bits per heavy atom. The van der Waals surface area contributed by atoms with Crippen molar-refractivity contribution in [2.45, 2.75) is 12.5 Å². The highest BCUT2D eigenvalue weighted by Gasteiger charge is 2.23. The number of nitrogens with one attached hydrogen (secondary N) is 1. The maximum Gasteiger partial charge on any atom is 0.251 e. The molecule has 1 aromatic heterocycles. The number of carbonyl (C=O) groups is 1. The first-order chi connectivity index (χ1) is 9.74. The molecular weight excluding hydrogens is 254 g/mol. The van der Waals surface area contributed by atoms with Gasteiger partial charge in [0.25, 0.3) is 5.91 Å². The molecule has 0 fully saturated rings. The summed E-state index contributed by atoms with van der Waals surface area (Å²) in [6.45, 7) is 0.598. The molecule has 20 heavy (non-hydrogen) atoms. The average molecular weight is 269 g/mol. The number of nitrogens with two attached hydrogens (primary N) is 1. The first-order valence-corrected chi connectivity index (χ1v) is 6.48. The van der Waals surface area contributed by atoms with Crippen molar-refractivity contribution in [3.8, 4) is 5.75 Å². The summed E-state index contributed by atoms with van der Waals surface area (Å²) in [5, 5.41) is 3.02. The minimum absolute atomic E-state index is 0.0400. The average Bonchev–Trinajstić information content (AvgIpc) is 2.47. The minimum Gasteiger partial charge on any atom is -0.493 e. The molecule has 5 heteroatoms. The molecule has 5 nitrogen and oxygen atoms in total. The van der Waals surface area contributed by atoms with Crippen LogP contribution >= 0.6 is 0 Å².